The van der Waals surface area contributed by atoms with Crippen LogP contribution in [0.5, 0.6) is 0 Å². The second-order valence-corrected chi connectivity index (χ2v) is 23.8. The molecule has 0 rings (SSSR count). The molecule has 0 radical (unpaired) electrons. The molecule has 0 saturated carbocycles. The third-order valence-electron chi connectivity index (χ3n) is 16.4. The number of nitrogens with one attached hydrogen (secondary N) is 1. The topological polar surface area (TPSA) is 89.8 Å². The number of amides is 1. The molecule has 0 aliphatic heterocycles. The Morgan fingerprint density at radius 3 is 0.753 bits per heavy atom. The summed E-state index contributed by atoms with van der Waals surface area (Å²) in [4.78, 5) is 12.6. The molecule has 0 aliphatic rings. The van der Waals surface area contributed by atoms with Gasteiger partial charge in [-0.1, -0.05) is 386 Å². The van der Waals surface area contributed by atoms with Gasteiger partial charge in [0.2, 0.25) is 5.91 Å². The van der Waals surface area contributed by atoms with E-state index in [0.717, 1.165) is 32.1 Å². The lowest BCUT2D eigenvalue weighted by molar-refractivity contribution is -0.131. The zero-order valence-corrected chi connectivity index (χ0v) is 50.1. The van der Waals surface area contributed by atoms with E-state index in [0.29, 0.717) is 6.42 Å². The molecule has 0 aromatic carbocycles. The van der Waals surface area contributed by atoms with Gasteiger partial charge in [0.25, 0.3) is 0 Å². The van der Waals surface area contributed by atoms with Gasteiger partial charge < -0.3 is 20.6 Å². The fraction of sp³-hybridized carbons (Fsp3) is 0.956. The lowest BCUT2D eigenvalue weighted by Gasteiger charge is -2.21. The molecule has 0 spiro atoms. The highest BCUT2D eigenvalue weighted by molar-refractivity contribution is 5.80. The Morgan fingerprint density at radius 2 is 0.534 bits per heavy atom. The van der Waals surface area contributed by atoms with E-state index < -0.39 is 24.2 Å². The van der Waals surface area contributed by atoms with Gasteiger partial charge in [0.15, 0.2) is 0 Å². The largest absolute Gasteiger partial charge is 0.394 e. The van der Waals surface area contributed by atoms with Crippen LogP contribution in [0.1, 0.15) is 393 Å². The zero-order valence-electron chi connectivity index (χ0n) is 50.1. The van der Waals surface area contributed by atoms with Gasteiger partial charge in [0.1, 0.15) is 6.10 Å². The van der Waals surface area contributed by atoms with E-state index in [1.54, 1.807) is 6.08 Å². The summed E-state index contributed by atoms with van der Waals surface area (Å²) < 4.78 is 0. The maximum atomic E-state index is 12.6. The number of allylic oxidation sites excluding steroid dienone is 1. The van der Waals surface area contributed by atoms with Crippen molar-refractivity contribution in [3.63, 3.8) is 0 Å². The van der Waals surface area contributed by atoms with Gasteiger partial charge in [0.05, 0.1) is 18.8 Å². The fourth-order valence-electron chi connectivity index (χ4n) is 11.1. The van der Waals surface area contributed by atoms with Crippen molar-refractivity contribution in [2.24, 2.45) is 0 Å². The minimum absolute atomic E-state index is 0.358. The molecule has 0 heterocycles. The number of hydrogen-bond acceptors (Lipinski definition) is 4. The Bertz CT molecular complexity index is 1050. The van der Waals surface area contributed by atoms with Gasteiger partial charge in [-0.2, -0.15) is 0 Å². The molecule has 5 nitrogen and oxygen atoms in total. The second kappa shape index (κ2) is 63.6. The summed E-state index contributed by atoms with van der Waals surface area (Å²) in [6.45, 7) is 4.24. The summed E-state index contributed by atoms with van der Waals surface area (Å²) in [6.07, 6.45) is 82.1. The normalized spacial score (nSPS) is 13.1. The average molecular weight is 1030 g/mol. The van der Waals surface area contributed by atoms with Crippen molar-refractivity contribution in [3.8, 4) is 0 Å². The number of carbonyl (C=O) groups excluding carboxylic acids is 1. The van der Waals surface area contributed by atoms with Crippen molar-refractivity contribution in [3.05, 3.63) is 12.2 Å². The van der Waals surface area contributed by atoms with Crippen molar-refractivity contribution < 1.29 is 20.1 Å². The first-order valence-electron chi connectivity index (χ1n) is 34.0. The van der Waals surface area contributed by atoms with Crippen LogP contribution in [0, 0.1) is 0 Å². The quantitative estimate of drug-likeness (QED) is 0.0361. The van der Waals surface area contributed by atoms with E-state index in [1.165, 1.54) is 340 Å². The highest BCUT2D eigenvalue weighted by atomic mass is 16.3. The second-order valence-electron chi connectivity index (χ2n) is 23.8. The van der Waals surface area contributed by atoms with Crippen LogP contribution in [-0.4, -0.2) is 46.1 Å². The van der Waals surface area contributed by atoms with E-state index in [9.17, 15) is 20.1 Å². The summed E-state index contributed by atoms with van der Waals surface area (Å²) in [5, 5.41) is 33.5. The Labute approximate surface area is 459 Å². The fourth-order valence-corrected chi connectivity index (χ4v) is 11.1. The highest BCUT2D eigenvalue weighted by Gasteiger charge is 2.22. The average Bonchev–Trinajstić information content (AvgIpc) is 3.40. The van der Waals surface area contributed by atoms with Crippen molar-refractivity contribution in [2.45, 2.75) is 411 Å². The highest BCUT2D eigenvalue weighted by Crippen LogP contribution is 2.20. The Hall–Kier alpha value is -0.910. The van der Waals surface area contributed by atoms with Crippen LogP contribution in [0.2, 0.25) is 0 Å². The molecule has 0 aliphatic carbocycles. The van der Waals surface area contributed by atoms with Gasteiger partial charge in [-0.25, -0.2) is 0 Å². The molecule has 1 amide bonds. The number of carbonyl (C=O) groups is 1. The third-order valence-corrected chi connectivity index (χ3v) is 16.4. The molecule has 0 aromatic rings. The molecule has 73 heavy (non-hydrogen) atoms. The predicted octanol–water partition coefficient (Wildman–Crippen LogP) is 21.8. The Kier molecular flexibility index (Phi) is 62.8. The number of aliphatic hydroxyl groups excluding tert-OH is 3. The molecule has 0 bridgehead atoms. The summed E-state index contributed by atoms with van der Waals surface area (Å²) >= 11 is 0. The summed E-state index contributed by atoms with van der Waals surface area (Å²) in [6, 6.07) is -0.795. The summed E-state index contributed by atoms with van der Waals surface area (Å²) in [5.41, 5.74) is 0. The first kappa shape index (κ1) is 72.1. The smallest absolute Gasteiger partial charge is 0.249 e. The lowest BCUT2D eigenvalue weighted by Crippen LogP contribution is -2.48. The molecule has 5 heteroatoms. The predicted molar refractivity (Wildman–Crippen MR) is 324 cm³/mol. The van der Waals surface area contributed by atoms with Crippen LogP contribution in [0.3, 0.4) is 0 Å². The monoisotopic (exact) mass is 1030 g/mol. The van der Waals surface area contributed by atoms with E-state index in [4.69, 9.17) is 0 Å². The lowest BCUT2D eigenvalue weighted by atomic mass is 10.0. The van der Waals surface area contributed by atoms with Gasteiger partial charge in [-0.05, 0) is 19.3 Å². The van der Waals surface area contributed by atoms with Crippen molar-refractivity contribution in [1.29, 1.82) is 0 Å². The van der Waals surface area contributed by atoms with Crippen molar-refractivity contribution >= 4 is 5.91 Å². The van der Waals surface area contributed by atoms with E-state index in [1.807, 2.05) is 6.08 Å². The van der Waals surface area contributed by atoms with Gasteiger partial charge in [-0.15, -0.1) is 0 Å². The maximum Gasteiger partial charge on any atom is 0.249 e. The molecule has 0 aromatic heterocycles. The summed E-state index contributed by atoms with van der Waals surface area (Å²) in [5.74, 6) is -0.493. The molecule has 3 atom stereocenters. The molecule has 3 unspecified atom stereocenters. The van der Waals surface area contributed by atoms with Gasteiger partial charge in [-0.3, -0.25) is 4.79 Å². The van der Waals surface area contributed by atoms with Crippen LogP contribution in [0.25, 0.3) is 0 Å². The summed E-state index contributed by atoms with van der Waals surface area (Å²) in [7, 11) is 0. The minimum atomic E-state index is -1.09. The van der Waals surface area contributed by atoms with Crippen LogP contribution in [0.4, 0.5) is 0 Å². The van der Waals surface area contributed by atoms with E-state index in [-0.39, 0.29) is 6.61 Å². The van der Waals surface area contributed by atoms with Crippen LogP contribution in [-0.2, 0) is 4.79 Å². The number of hydrogen-bond donors (Lipinski definition) is 4. The standard InChI is InChI=1S/C68H135NO4/c1-3-5-7-9-11-13-15-17-19-21-23-25-27-28-29-30-31-32-33-34-35-36-37-38-39-41-43-45-47-49-51-53-55-57-59-61-63-67(72)68(73)69-65(64-70)66(71)62-60-58-56-54-52-50-48-46-44-42-40-26-24-22-20-18-16-14-12-10-8-6-4-2/h60,62,65-67,70-72H,3-59,61,63-64H2,1-2H3,(H,69,73)/b62-60+. The van der Waals surface area contributed by atoms with Crippen LogP contribution in [0.15, 0.2) is 12.2 Å². The molecular formula is C68H135NO4. The zero-order chi connectivity index (χ0) is 52.9. The third kappa shape index (κ3) is 58.6. The van der Waals surface area contributed by atoms with Crippen molar-refractivity contribution in [2.75, 3.05) is 6.61 Å². The maximum absolute atomic E-state index is 12.6. The van der Waals surface area contributed by atoms with Gasteiger partial charge in [0, 0.05) is 0 Å². The number of unbranched alkanes of at least 4 members (excludes halogenated alkanes) is 56. The van der Waals surface area contributed by atoms with Crippen molar-refractivity contribution in [1.82, 2.24) is 5.32 Å². The minimum Gasteiger partial charge on any atom is -0.394 e. The molecule has 0 saturated heterocycles. The first-order chi connectivity index (χ1) is 36.1. The Balaban J connectivity index is 3.45. The molecule has 0 fully saturated rings. The number of rotatable bonds is 64. The SMILES string of the molecule is CCCCCCCCCCCCCCCCCCCCCCC/C=C/C(O)C(CO)NC(=O)C(O)CCCCCCCCCCCCCCCCCCCCCCCCCCCCCCCCCCCCCC. The number of aliphatic hydroxyl groups is 3. The Morgan fingerprint density at radius 1 is 0.329 bits per heavy atom. The first-order valence-corrected chi connectivity index (χ1v) is 34.0. The van der Waals surface area contributed by atoms with Crippen LogP contribution >= 0.6 is 0 Å². The molecule has 4 N–H and O–H groups in total. The molecular weight excluding hydrogens is 895 g/mol. The van der Waals surface area contributed by atoms with Gasteiger partial charge >= 0.3 is 0 Å². The van der Waals surface area contributed by atoms with E-state index in [2.05, 4.69) is 19.2 Å². The molecule has 436 valence electrons. The van der Waals surface area contributed by atoms with E-state index >= 15 is 0 Å². The van der Waals surface area contributed by atoms with Crippen LogP contribution < -0.4 is 5.32 Å².